The van der Waals surface area contributed by atoms with Crippen molar-refractivity contribution in [3.05, 3.63) is 33.1 Å². The summed E-state index contributed by atoms with van der Waals surface area (Å²) in [5.74, 6) is -0.768. The van der Waals surface area contributed by atoms with Gasteiger partial charge in [-0.3, -0.25) is 10.1 Å². The van der Waals surface area contributed by atoms with Crippen molar-refractivity contribution >= 4 is 23.0 Å². The van der Waals surface area contributed by atoms with Gasteiger partial charge in [-0.25, -0.2) is 4.39 Å². The zero-order valence-corrected chi connectivity index (χ0v) is 10.6. The number of nitro benzene ring substituents is 1. The fourth-order valence-corrected chi connectivity index (χ4v) is 2.23. The van der Waals surface area contributed by atoms with Crippen LogP contribution in [0, 0.1) is 15.9 Å². The van der Waals surface area contributed by atoms with Crippen LogP contribution in [0.2, 0.25) is 5.02 Å². The largest absolute Gasteiger partial charge is 0.363 e. The number of nitrogens with one attached hydrogen (secondary N) is 1. The van der Waals surface area contributed by atoms with Gasteiger partial charge in [-0.15, -0.1) is 0 Å². The zero-order chi connectivity index (χ0) is 13.3. The van der Waals surface area contributed by atoms with Crippen molar-refractivity contribution in [2.24, 2.45) is 0 Å². The van der Waals surface area contributed by atoms with Crippen molar-refractivity contribution in [1.82, 2.24) is 5.32 Å². The molecule has 98 valence electrons. The van der Waals surface area contributed by atoms with Crippen LogP contribution in [-0.4, -0.2) is 30.6 Å². The van der Waals surface area contributed by atoms with Crippen LogP contribution in [0.15, 0.2) is 12.1 Å². The molecule has 0 aliphatic carbocycles. The second kappa shape index (κ2) is 5.07. The van der Waals surface area contributed by atoms with E-state index in [0.717, 1.165) is 12.6 Å². The van der Waals surface area contributed by atoms with E-state index in [1.54, 1.807) is 0 Å². The van der Waals surface area contributed by atoms with Gasteiger partial charge in [0.1, 0.15) is 11.5 Å². The highest BCUT2D eigenvalue weighted by atomic mass is 35.5. The van der Waals surface area contributed by atoms with Crippen LogP contribution in [-0.2, 0) is 0 Å². The molecule has 1 fully saturated rings. The van der Waals surface area contributed by atoms with E-state index in [9.17, 15) is 14.5 Å². The third-order valence-electron chi connectivity index (χ3n) is 2.92. The maximum Gasteiger partial charge on any atom is 0.295 e. The van der Waals surface area contributed by atoms with E-state index in [4.69, 9.17) is 11.6 Å². The van der Waals surface area contributed by atoms with Gasteiger partial charge in [0.05, 0.1) is 16.0 Å². The molecule has 18 heavy (non-hydrogen) atoms. The number of benzene rings is 1. The summed E-state index contributed by atoms with van der Waals surface area (Å²) in [6.07, 6.45) is 0. The van der Waals surface area contributed by atoms with E-state index >= 15 is 0 Å². The van der Waals surface area contributed by atoms with Crippen molar-refractivity contribution in [3.8, 4) is 0 Å². The average Bonchev–Trinajstić information content (AvgIpc) is 2.31. The number of nitro groups is 1. The van der Waals surface area contributed by atoms with Crippen LogP contribution in [0.5, 0.6) is 0 Å². The predicted molar refractivity (Wildman–Crippen MR) is 67.7 cm³/mol. The number of nitrogens with zero attached hydrogens (tertiary/aromatic N) is 2. The Hall–Kier alpha value is -1.40. The van der Waals surface area contributed by atoms with Crippen molar-refractivity contribution < 1.29 is 9.31 Å². The fourth-order valence-electron chi connectivity index (χ4n) is 2.08. The predicted octanol–water partition coefficient (Wildman–Crippen LogP) is 2.19. The van der Waals surface area contributed by atoms with Crippen molar-refractivity contribution in [3.63, 3.8) is 0 Å². The lowest BCUT2D eigenvalue weighted by atomic mass is 10.2. The lowest BCUT2D eigenvalue weighted by Gasteiger charge is -2.33. The molecule has 0 unspecified atom stereocenters. The molecular formula is C11H13ClFN3O2. The summed E-state index contributed by atoms with van der Waals surface area (Å²) in [6, 6.07) is 2.43. The minimum absolute atomic E-state index is 0.0956. The monoisotopic (exact) mass is 273 g/mol. The number of piperazine rings is 1. The molecule has 1 aromatic carbocycles. The van der Waals surface area contributed by atoms with Crippen LogP contribution in [0.3, 0.4) is 0 Å². The van der Waals surface area contributed by atoms with Gasteiger partial charge in [0.2, 0.25) is 0 Å². The zero-order valence-electron chi connectivity index (χ0n) is 9.82. The highest BCUT2D eigenvalue weighted by Crippen LogP contribution is 2.33. The molecule has 0 spiro atoms. The van der Waals surface area contributed by atoms with Gasteiger partial charge in [0.25, 0.3) is 5.69 Å². The van der Waals surface area contributed by atoms with Crippen molar-refractivity contribution in [1.29, 1.82) is 0 Å². The van der Waals surface area contributed by atoms with E-state index in [-0.39, 0.29) is 16.8 Å². The molecule has 1 aliphatic rings. The Bertz CT molecular complexity index is 484. The van der Waals surface area contributed by atoms with Gasteiger partial charge < -0.3 is 10.2 Å². The summed E-state index contributed by atoms with van der Waals surface area (Å²) in [5.41, 5.74) is 0.130. The number of rotatable bonds is 2. The third kappa shape index (κ3) is 2.54. The van der Waals surface area contributed by atoms with Crippen LogP contribution in [0.25, 0.3) is 0 Å². The van der Waals surface area contributed by atoms with E-state index in [1.807, 2.05) is 11.8 Å². The SMILES string of the molecule is C[C@@H]1CN(c2cc(Cl)c(F)cc2[N+](=O)[O-])CCN1. The average molecular weight is 274 g/mol. The van der Waals surface area contributed by atoms with Gasteiger partial charge in [-0.2, -0.15) is 0 Å². The first-order valence-corrected chi connectivity index (χ1v) is 5.98. The molecule has 7 heteroatoms. The minimum Gasteiger partial charge on any atom is -0.363 e. The summed E-state index contributed by atoms with van der Waals surface area (Å²) < 4.78 is 13.3. The number of halogens is 2. The lowest BCUT2D eigenvalue weighted by molar-refractivity contribution is -0.384. The van der Waals surface area contributed by atoms with E-state index in [1.165, 1.54) is 6.07 Å². The topological polar surface area (TPSA) is 58.4 Å². The van der Waals surface area contributed by atoms with Gasteiger partial charge in [-0.1, -0.05) is 11.6 Å². The second-order valence-corrected chi connectivity index (χ2v) is 4.72. The number of anilines is 1. The molecule has 0 bridgehead atoms. The Morgan fingerprint density at radius 1 is 1.61 bits per heavy atom. The molecule has 1 saturated heterocycles. The summed E-state index contributed by atoms with van der Waals surface area (Å²) in [5, 5.41) is 14.1. The Morgan fingerprint density at radius 2 is 2.33 bits per heavy atom. The first kappa shape index (κ1) is 13.0. The molecule has 0 amide bonds. The number of hydrogen-bond donors (Lipinski definition) is 1. The van der Waals surface area contributed by atoms with Crippen molar-refractivity contribution in [2.75, 3.05) is 24.5 Å². The molecule has 1 N–H and O–H groups in total. The minimum atomic E-state index is -0.768. The highest BCUT2D eigenvalue weighted by molar-refractivity contribution is 6.31. The summed E-state index contributed by atoms with van der Waals surface area (Å²) >= 11 is 5.71. The molecule has 0 radical (unpaired) electrons. The smallest absolute Gasteiger partial charge is 0.295 e. The quantitative estimate of drug-likeness (QED) is 0.663. The van der Waals surface area contributed by atoms with Gasteiger partial charge in [-0.05, 0) is 13.0 Å². The highest BCUT2D eigenvalue weighted by Gasteiger charge is 2.25. The first-order valence-electron chi connectivity index (χ1n) is 5.61. The van der Waals surface area contributed by atoms with E-state index in [0.29, 0.717) is 18.8 Å². The normalized spacial score (nSPS) is 19.9. The maximum absolute atomic E-state index is 13.3. The molecule has 5 nitrogen and oxygen atoms in total. The van der Waals surface area contributed by atoms with Crippen molar-refractivity contribution in [2.45, 2.75) is 13.0 Å². The molecule has 0 aromatic heterocycles. The third-order valence-corrected chi connectivity index (χ3v) is 3.21. The first-order chi connectivity index (χ1) is 8.49. The molecule has 1 aromatic rings. The van der Waals surface area contributed by atoms with Gasteiger partial charge in [0, 0.05) is 25.7 Å². The van der Waals surface area contributed by atoms with Gasteiger partial charge >= 0.3 is 0 Å². The standard InChI is InChI=1S/C11H13ClFN3O2/c1-7-6-15(3-2-14-7)10-4-8(12)9(13)5-11(10)16(17)18/h4-5,7,14H,2-3,6H2,1H3/t7-/m1/s1. The Labute approximate surface area is 109 Å². The van der Waals surface area contributed by atoms with E-state index in [2.05, 4.69) is 5.32 Å². The molecule has 1 atom stereocenters. The van der Waals surface area contributed by atoms with Gasteiger partial charge in [0.15, 0.2) is 0 Å². The van der Waals surface area contributed by atoms with Crippen LogP contribution in [0.4, 0.5) is 15.8 Å². The second-order valence-electron chi connectivity index (χ2n) is 4.31. The Kier molecular flexibility index (Phi) is 3.68. The molecule has 0 saturated carbocycles. The maximum atomic E-state index is 13.3. The Morgan fingerprint density at radius 3 is 2.94 bits per heavy atom. The van der Waals surface area contributed by atoms with Crippen LogP contribution < -0.4 is 10.2 Å². The summed E-state index contributed by atoms with van der Waals surface area (Å²) in [4.78, 5) is 12.2. The molecule has 1 aliphatic heterocycles. The molecular weight excluding hydrogens is 261 g/mol. The summed E-state index contributed by atoms with van der Waals surface area (Å²) in [7, 11) is 0. The van der Waals surface area contributed by atoms with E-state index < -0.39 is 10.7 Å². The Balaban J connectivity index is 2.41. The number of hydrogen-bond acceptors (Lipinski definition) is 4. The molecule has 1 heterocycles. The fraction of sp³-hybridized carbons (Fsp3) is 0.455. The molecule has 2 rings (SSSR count). The van der Waals surface area contributed by atoms with Crippen LogP contribution in [0.1, 0.15) is 6.92 Å². The lowest BCUT2D eigenvalue weighted by Crippen LogP contribution is -2.49. The van der Waals surface area contributed by atoms with Crippen LogP contribution >= 0.6 is 11.6 Å². The summed E-state index contributed by atoms with van der Waals surface area (Å²) in [6.45, 7) is 3.98.